The van der Waals surface area contributed by atoms with E-state index in [4.69, 9.17) is 9.47 Å². The molecule has 23 heavy (non-hydrogen) atoms. The van der Waals surface area contributed by atoms with Gasteiger partial charge in [-0.1, -0.05) is 55.8 Å². The van der Waals surface area contributed by atoms with Crippen molar-refractivity contribution < 1.29 is 9.47 Å². The van der Waals surface area contributed by atoms with Crippen molar-refractivity contribution in [2.75, 3.05) is 6.61 Å². The Morgan fingerprint density at radius 1 is 1.13 bits per heavy atom. The van der Waals surface area contributed by atoms with E-state index in [0.717, 1.165) is 5.92 Å². The van der Waals surface area contributed by atoms with Gasteiger partial charge in [-0.2, -0.15) is 0 Å². The lowest BCUT2D eigenvalue weighted by molar-refractivity contribution is 0.000583. The molecule has 3 atom stereocenters. The molecule has 2 bridgehead atoms. The zero-order chi connectivity index (χ0) is 17.4. The number of hydrogen-bond acceptors (Lipinski definition) is 2. The van der Waals surface area contributed by atoms with Crippen LogP contribution in [0.1, 0.15) is 19.8 Å². The average molecular weight is 351 g/mol. The standard InChI is InChI=1S/C19H34O2Si2/c1-9-20-14(2)21-17-12-10-11-15-13-16(17)19(23(6,7)8)18(15)22(3,4)5/h10,12,15-17H,2,9,11,13H2,1,3-8H3/t15-,16-,17-/m0/s1. The lowest BCUT2D eigenvalue weighted by atomic mass is 9.99. The molecule has 0 fully saturated rings. The highest BCUT2D eigenvalue weighted by molar-refractivity contribution is 6.89. The molecule has 0 aromatic carbocycles. The Morgan fingerprint density at radius 2 is 1.74 bits per heavy atom. The quantitative estimate of drug-likeness (QED) is 0.356. The van der Waals surface area contributed by atoms with E-state index < -0.39 is 16.1 Å². The van der Waals surface area contributed by atoms with Crippen LogP contribution in [-0.2, 0) is 9.47 Å². The number of fused-ring (bicyclic) bond motifs is 2. The number of allylic oxidation sites excluding steroid dienone is 2. The van der Waals surface area contributed by atoms with Gasteiger partial charge in [-0.25, -0.2) is 0 Å². The van der Waals surface area contributed by atoms with Crippen molar-refractivity contribution in [3.05, 3.63) is 35.1 Å². The van der Waals surface area contributed by atoms with Gasteiger partial charge in [0.25, 0.3) is 5.95 Å². The highest BCUT2D eigenvalue weighted by Gasteiger charge is 2.47. The summed E-state index contributed by atoms with van der Waals surface area (Å²) in [7, 11) is -2.71. The zero-order valence-electron chi connectivity index (χ0n) is 16.0. The molecule has 0 radical (unpaired) electrons. The monoisotopic (exact) mass is 350 g/mol. The fraction of sp³-hybridized carbons (Fsp3) is 0.684. The van der Waals surface area contributed by atoms with Crippen molar-refractivity contribution in [2.24, 2.45) is 11.8 Å². The summed E-state index contributed by atoms with van der Waals surface area (Å²) in [6.07, 6.45) is 7.10. The maximum absolute atomic E-state index is 6.13. The third kappa shape index (κ3) is 4.02. The molecule has 4 heteroatoms. The van der Waals surface area contributed by atoms with Crippen molar-refractivity contribution in [2.45, 2.75) is 65.2 Å². The van der Waals surface area contributed by atoms with E-state index in [2.05, 4.69) is 58.0 Å². The lowest BCUT2D eigenvalue weighted by Crippen LogP contribution is -2.38. The van der Waals surface area contributed by atoms with Crippen molar-refractivity contribution in [1.82, 2.24) is 0 Å². The first-order valence-corrected chi connectivity index (χ1v) is 16.0. The van der Waals surface area contributed by atoms with Gasteiger partial charge in [0.2, 0.25) is 0 Å². The molecule has 0 saturated carbocycles. The van der Waals surface area contributed by atoms with E-state index in [1.54, 1.807) is 5.20 Å². The van der Waals surface area contributed by atoms with Gasteiger partial charge in [0, 0.05) is 5.92 Å². The third-order valence-corrected chi connectivity index (χ3v) is 9.74. The van der Waals surface area contributed by atoms with Crippen LogP contribution in [0.25, 0.3) is 0 Å². The summed E-state index contributed by atoms with van der Waals surface area (Å²) >= 11 is 0. The maximum atomic E-state index is 6.13. The molecule has 0 N–H and O–H groups in total. The minimum absolute atomic E-state index is 0.0922. The third-order valence-electron chi connectivity index (χ3n) is 4.94. The molecule has 2 aliphatic rings. The van der Waals surface area contributed by atoms with Crippen LogP contribution in [0.15, 0.2) is 35.1 Å². The number of rotatable bonds is 6. The smallest absolute Gasteiger partial charge is 0.272 e. The molecule has 0 aliphatic heterocycles. The van der Waals surface area contributed by atoms with Gasteiger partial charge in [0.15, 0.2) is 0 Å². The zero-order valence-corrected chi connectivity index (χ0v) is 18.0. The second kappa shape index (κ2) is 6.63. The van der Waals surface area contributed by atoms with E-state index >= 15 is 0 Å². The Morgan fingerprint density at radius 3 is 2.26 bits per heavy atom. The molecular weight excluding hydrogens is 316 g/mol. The Hall–Kier alpha value is -0.746. The molecule has 0 aromatic rings. The molecule has 2 rings (SSSR count). The summed E-state index contributed by atoms with van der Waals surface area (Å²) in [4.78, 5) is 0. The Bertz CT molecular complexity index is 520. The van der Waals surface area contributed by atoms with Crippen LogP contribution in [0.2, 0.25) is 39.3 Å². The molecule has 0 saturated heterocycles. The Labute approximate surface area is 144 Å². The van der Waals surface area contributed by atoms with E-state index in [-0.39, 0.29) is 6.10 Å². The predicted octanol–water partition coefficient (Wildman–Crippen LogP) is 5.53. The molecule has 2 nitrogen and oxygen atoms in total. The largest absolute Gasteiger partial charge is 0.466 e. The van der Waals surface area contributed by atoms with Crippen LogP contribution in [0, 0.1) is 11.8 Å². The van der Waals surface area contributed by atoms with Crippen LogP contribution in [-0.4, -0.2) is 28.9 Å². The molecule has 0 amide bonds. The molecule has 0 spiro atoms. The fourth-order valence-electron chi connectivity index (χ4n) is 4.43. The van der Waals surface area contributed by atoms with Crippen molar-refractivity contribution in [3.63, 3.8) is 0 Å². The van der Waals surface area contributed by atoms with Gasteiger partial charge >= 0.3 is 0 Å². The van der Waals surface area contributed by atoms with Crippen LogP contribution >= 0.6 is 0 Å². The van der Waals surface area contributed by atoms with Crippen molar-refractivity contribution in [3.8, 4) is 0 Å². The molecule has 130 valence electrons. The lowest BCUT2D eigenvalue weighted by Gasteiger charge is -2.34. The minimum atomic E-state index is -1.39. The Balaban J connectivity index is 2.42. The van der Waals surface area contributed by atoms with Crippen molar-refractivity contribution in [1.29, 1.82) is 0 Å². The summed E-state index contributed by atoms with van der Waals surface area (Å²) in [5.74, 6) is 1.72. The molecule has 2 aliphatic carbocycles. The first-order chi connectivity index (χ1) is 10.6. The summed E-state index contributed by atoms with van der Waals surface area (Å²) in [6.45, 7) is 21.5. The van der Waals surface area contributed by atoms with Crippen LogP contribution in [0.5, 0.6) is 0 Å². The van der Waals surface area contributed by atoms with E-state index in [1.807, 2.05) is 12.1 Å². The Kier molecular flexibility index (Phi) is 5.36. The summed E-state index contributed by atoms with van der Waals surface area (Å²) in [6, 6.07) is 0. The average Bonchev–Trinajstić information content (AvgIpc) is 2.65. The van der Waals surface area contributed by atoms with Crippen LogP contribution in [0.4, 0.5) is 0 Å². The summed E-state index contributed by atoms with van der Waals surface area (Å²) in [5.41, 5.74) is 0. The van der Waals surface area contributed by atoms with Gasteiger partial charge in [-0.3, -0.25) is 0 Å². The maximum Gasteiger partial charge on any atom is 0.272 e. The SMILES string of the molecule is C=C(OCC)O[C@H]1C=CC[C@H]2C[C@@H]1C([Si](C)(C)C)=C2[Si](C)(C)C. The molecule has 0 heterocycles. The van der Waals surface area contributed by atoms with Gasteiger partial charge in [-0.05, 0) is 38.3 Å². The second-order valence-electron chi connectivity index (χ2n) is 8.92. The normalized spacial score (nSPS) is 27.9. The van der Waals surface area contributed by atoms with Gasteiger partial charge < -0.3 is 9.47 Å². The van der Waals surface area contributed by atoms with Gasteiger partial charge in [0.1, 0.15) is 6.10 Å². The van der Waals surface area contributed by atoms with Crippen LogP contribution in [0.3, 0.4) is 0 Å². The predicted molar refractivity (Wildman–Crippen MR) is 105 cm³/mol. The van der Waals surface area contributed by atoms with Gasteiger partial charge in [0.05, 0.1) is 22.8 Å². The highest BCUT2D eigenvalue weighted by Crippen LogP contribution is 2.50. The first-order valence-electron chi connectivity index (χ1n) is 8.95. The van der Waals surface area contributed by atoms with Crippen LogP contribution < -0.4 is 0 Å². The number of ether oxygens (including phenoxy) is 2. The van der Waals surface area contributed by atoms with E-state index in [1.165, 1.54) is 12.8 Å². The minimum Gasteiger partial charge on any atom is -0.466 e. The summed E-state index contributed by atoms with van der Waals surface area (Å²) in [5, 5.41) is 3.64. The highest BCUT2D eigenvalue weighted by atomic mass is 28.3. The molecule has 0 unspecified atom stereocenters. The topological polar surface area (TPSA) is 18.5 Å². The number of hydrogen-bond donors (Lipinski definition) is 0. The molecule has 0 aromatic heterocycles. The fourth-order valence-corrected chi connectivity index (χ4v) is 11.5. The van der Waals surface area contributed by atoms with Crippen molar-refractivity contribution >= 4 is 16.1 Å². The first kappa shape index (κ1) is 18.6. The molecular formula is C19H34O2Si2. The van der Waals surface area contributed by atoms with E-state index in [9.17, 15) is 0 Å². The summed E-state index contributed by atoms with van der Waals surface area (Å²) < 4.78 is 11.6. The van der Waals surface area contributed by atoms with E-state index in [0.29, 0.717) is 18.5 Å². The van der Waals surface area contributed by atoms with Gasteiger partial charge in [-0.15, -0.1) is 0 Å². The second-order valence-corrected chi connectivity index (χ2v) is 19.0.